The van der Waals surface area contributed by atoms with E-state index in [-0.39, 0.29) is 175 Å². The van der Waals surface area contributed by atoms with Gasteiger partial charge in [0.1, 0.15) is 24.8 Å². The fourth-order valence-corrected chi connectivity index (χ4v) is 15.3. The van der Waals surface area contributed by atoms with Crippen molar-refractivity contribution in [2.45, 2.75) is 45.8 Å². The molecule has 144 heavy (non-hydrogen) atoms. The topological polar surface area (TPSA) is 251 Å². The van der Waals surface area contributed by atoms with Crippen molar-refractivity contribution in [3.05, 3.63) is 472 Å². The zero-order valence-electron chi connectivity index (χ0n) is 74.8. The van der Waals surface area contributed by atoms with Gasteiger partial charge in [0.25, 0.3) is 0 Å². The van der Waals surface area contributed by atoms with Gasteiger partial charge in [-0.05, 0) is 93.3 Å². The molecule has 2 amide bonds. The molecule has 32 bridgehead atoms. The third-order valence-electron chi connectivity index (χ3n) is 21.6. The number of pyridine rings is 10. The van der Waals surface area contributed by atoms with Gasteiger partial charge in [-0.3, -0.25) is 76.2 Å². The van der Waals surface area contributed by atoms with Crippen LogP contribution in [-0.4, -0.2) is 72.7 Å². The summed E-state index contributed by atoms with van der Waals surface area (Å²) in [7, 11) is 0. The number of nitrogens with zero attached hydrogens (tertiary/aromatic N) is 11. The van der Waals surface area contributed by atoms with Crippen LogP contribution in [0.4, 0.5) is 26.3 Å². The maximum atomic E-state index is 14.6. The number of benzene rings is 9. The van der Waals surface area contributed by atoms with Crippen LogP contribution in [-0.2, 0) is 149 Å². The van der Waals surface area contributed by atoms with Gasteiger partial charge < -0.3 is 39.0 Å². The Hall–Kier alpha value is -14.7. The molecule has 23 rings (SSSR count). The normalized spacial score (nSPS) is 11.5. The van der Waals surface area contributed by atoms with Gasteiger partial charge in [-0.1, -0.05) is 207 Å². The van der Waals surface area contributed by atoms with Gasteiger partial charge in [-0.25, -0.2) is 4.79 Å². The van der Waals surface area contributed by atoms with Gasteiger partial charge in [0, 0.05) is 103 Å². The molecule has 0 fully saturated rings. The second kappa shape index (κ2) is 48.4. The molecule has 0 atom stereocenters. The molecule has 718 valence electrons. The van der Waals surface area contributed by atoms with E-state index in [0.29, 0.717) is 87.8 Å². The average molecular weight is 2810 g/mol. The molecule has 0 aliphatic carbocycles. The molecule has 14 heterocycles. The Morgan fingerprint density at radius 1 is 0.271 bits per heavy atom. The molecule has 9 aromatic carbocycles. The number of carbonyl (C=O) groups excluding carboxylic acids is 2. The SMILES string of the molecule is CC(=O)[N-]C(=O)c1cccc(-c2[c-]c(-c3cccc(C(=O)O)n3)c(F)cc2F)n1.Fc1cc(F)c2[c-]c1-c1cccc(n1)COc1[c-]c(ccc1)OCc1cccc-2n1.Fc1cc(F)c2[c-]c1-c1cccc(n1)Cc1[c-]c(ccc1)Cc1cccc-2n1.[Pt+2].[Pt+2].[Pt+2].[Pt+2].[Pt+2].[c-]1c2cccc1Cc1cccc(n1)-c1[c-]c(ccc1)-c1cccc(n1)C2.[c-]1c2cccc1Oc1cccc(n1)-c1[c-]c(ccc1)-c1cccc(n1)O2. The van der Waals surface area contributed by atoms with Crippen LogP contribution >= 0.6 is 0 Å². The summed E-state index contributed by atoms with van der Waals surface area (Å²) in [5.74, 6) is -4.78. The summed E-state index contributed by atoms with van der Waals surface area (Å²) in [6.45, 7) is 1.41. The maximum absolute atomic E-state index is 14.6. The first kappa shape index (κ1) is 105. The molecule has 4 aliphatic rings. The van der Waals surface area contributed by atoms with Crippen molar-refractivity contribution in [1.29, 1.82) is 0 Å². The van der Waals surface area contributed by atoms with E-state index in [9.17, 15) is 40.7 Å². The van der Waals surface area contributed by atoms with Crippen LogP contribution in [0.15, 0.2) is 309 Å². The van der Waals surface area contributed by atoms with Crippen molar-refractivity contribution in [3.63, 3.8) is 0 Å². The molecule has 0 unspecified atom stereocenters. The van der Waals surface area contributed by atoms with Crippen LogP contribution in [0.2, 0.25) is 0 Å². The first-order chi connectivity index (χ1) is 67.7. The van der Waals surface area contributed by atoms with Crippen LogP contribution < -0.4 is 18.9 Å². The Morgan fingerprint density at radius 2 is 0.528 bits per heavy atom. The first-order valence-corrected chi connectivity index (χ1v) is 43.4. The zero-order chi connectivity index (χ0) is 95.4. The molecule has 0 spiro atoms. The number of carbonyl (C=O) groups is 3. The summed E-state index contributed by atoms with van der Waals surface area (Å²) in [4.78, 5) is 78.7. The van der Waals surface area contributed by atoms with E-state index in [2.05, 4.69) is 154 Å². The summed E-state index contributed by atoms with van der Waals surface area (Å²) in [6.07, 6.45) is 2.69. The molecule has 1 N–H and O–H groups in total. The molecular formula is C114H67F6N11O8Pt5. The predicted molar refractivity (Wildman–Crippen MR) is 505 cm³/mol. The molecule has 0 saturated carbocycles. The van der Waals surface area contributed by atoms with Crippen molar-refractivity contribution in [1.82, 2.24) is 49.8 Å². The fraction of sp³-hybridized carbons (Fsp3) is 0.0614. The third kappa shape index (κ3) is 26.0. The van der Waals surface area contributed by atoms with Crippen LogP contribution in [0.1, 0.15) is 84.3 Å². The van der Waals surface area contributed by atoms with Gasteiger partial charge >= 0.3 is 111 Å². The van der Waals surface area contributed by atoms with E-state index in [0.717, 1.165) is 122 Å². The predicted octanol–water partition coefficient (Wildman–Crippen LogP) is 24.2. The maximum Gasteiger partial charge on any atom is 2.00 e. The van der Waals surface area contributed by atoms with Gasteiger partial charge in [0.2, 0.25) is 11.8 Å². The summed E-state index contributed by atoms with van der Waals surface area (Å²) >= 11 is 0. The zero-order valence-corrected chi connectivity index (χ0v) is 86.1. The molecule has 19 nitrogen and oxygen atoms in total. The number of fused-ring (bicyclic) bond motifs is 40. The minimum atomic E-state index is -1.31. The van der Waals surface area contributed by atoms with Crippen LogP contribution in [0.5, 0.6) is 34.8 Å². The molecule has 4 aliphatic heterocycles. The van der Waals surface area contributed by atoms with Crippen molar-refractivity contribution in [2.75, 3.05) is 0 Å². The number of aromatic carboxylic acids is 1. The Labute approximate surface area is 895 Å². The summed E-state index contributed by atoms with van der Waals surface area (Å²) in [5.41, 5.74) is 17.0. The number of carboxylic acids is 1. The minimum Gasteiger partial charge on any atom is -0.591 e. The molecule has 0 radical (unpaired) electrons. The van der Waals surface area contributed by atoms with Gasteiger partial charge in [0.05, 0.1) is 57.9 Å². The number of imide groups is 1. The van der Waals surface area contributed by atoms with E-state index in [1.165, 1.54) is 36.4 Å². The minimum absolute atomic E-state index is 0. The van der Waals surface area contributed by atoms with Crippen molar-refractivity contribution < 1.29 is 170 Å². The monoisotopic (exact) mass is 2810 g/mol. The summed E-state index contributed by atoms with van der Waals surface area (Å²) in [5, 5.41) is 12.3. The Balaban J connectivity index is 0.000000142. The average Bonchev–Trinajstić information content (AvgIpc) is 0.793. The Kier molecular flexibility index (Phi) is 35.3. The molecular weight excluding hydrogens is 2740 g/mol. The Morgan fingerprint density at radius 3 is 0.875 bits per heavy atom. The second-order valence-electron chi connectivity index (χ2n) is 31.6. The number of hydrogen-bond donors (Lipinski definition) is 1. The summed E-state index contributed by atoms with van der Waals surface area (Å²) in [6, 6.07) is 118. The van der Waals surface area contributed by atoms with E-state index < -0.39 is 52.7 Å². The first-order valence-electron chi connectivity index (χ1n) is 43.4. The number of amides is 2. The fourth-order valence-electron chi connectivity index (χ4n) is 15.3. The molecule has 19 aromatic rings. The number of ether oxygens (including phenoxy) is 4. The third-order valence-corrected chi connectivity index (χ3v) is 21.6. The number of aromatic nitrogens is 10. The number of carboxylic acid groups (broad SMARTS) is 1. The smallest absolute Gasteiger partial charge is 0.591 e. The van der Waals surface area contributed by atoms with Crippen LogP contribution in [0.3, 0.4) is 0 Å². The molecule has 0 saturated heterocycles. The summed E-state index contributed by atoms with van der Waals surface area (Å²) < 4.78 is 110. The van der Waals surface area contributed by atoms with E-state index in [4.69, 9.17) is 34.0 Å². The standard InChI is InChI=1S/C24H14F2N2O2.C24H14F2N2.C24H16N2.C22H12N2O2.C20H12F2N3O4.5Pt/c25-21-12-22(26)20-11-19(21)23-8-1-4-15(27-23)13-29-17-6-3-7-18(10-17)30-14-16-5-2-9-24(20)28-16;25-21-14-22(26)20-13-19(21)23-8-2-6-17(27-23)11-15-4-1-5-16(10-15)12-18-7-3-9-24(20)28-18;1-5-17-13-18(6-1)15-22-10-4-12-24(26-22)20-8-2-7-19(16-20)23-11-3-9-21(14-17)25-23;1-5-15-13-16(6-1)20-10-4-12-22(24-20)26-18-8-2-7-17(14-18)25-21-11-3-9-19(15)23-21;1-10(26)23-19(27)17-6-2-4-15(24-17)11-8-12(14(22)9-13(11)21)16-5-3-7-18(25-16)20(28)29;;;;;/h1-9,12H,13-14H2;1-9,14H,11-12H2;1-12H,14-15H2;1-12H;2-7,9H,1H3,(H2,23,26,27,28,29);;;;;/q4*-2;-1;5*+2/p-1. The van der Waals surface area contributed by atoms with Crippen LogP contribution in [0, 0.1) is 89.5 Å². The molecule has 10 aromatic heterocycles. The largest absolute Gasteiger partial charge is 2.00 e. The van der Waals surface area contributed by atoms with E-state index >= 15 is 0 Å². The van der Waals surface area contributed by atoms with Crippen molar-refractivity contribution in [3.8, 4) is 147 Å². The van der Waals surface area contributed by atoms with Crippen molar-refractivity contribution in [2.24, 2.45) is 0 Å². The quantitative estimate of drug-likeness (QED) is 0.127. The van der Waals surface area contributed by atoms with Crippen LogP contribution in [0.25, 0.3) is 118 Å². The number of halogens is 6. The van der Waals surface area contributed by atoms with E-state index in [1.807, 2.05) is 133 Å². The number of hydrogen-bond acceptors (Lipinski definition) is 17. The Bertz CT molecular complexity index is 7470. The molecule has 30 heteroatoms. The second-order valence-corrected chi connectivity index (χ2v) is 31.6. The van der Waals surface area contributed by atoms with Gasteiger partial charge in [0.15, 0.2) is 0 Å². The van der Waals surface area contributed by atoms with Gasteiger partial charge in [-0.15, -0.1) is 91.0 Å². The van der Waals surface area contributed by atoms with Crippen molar-refractivity contribution >= 4 is 17.8 Å². The van der Waals surface area contributed by atoms with E-state index in [1.54, 1.807) is 66.7 Å². The number of rotatable bonds is 4. The van der Waals surface area contributed by atoms with Gasteiger partial charge in [-0.2, -0.15) is 82.9 Å².